The zero-order chi connectivity index (χ0) is 24.5. The van der Waals surface area contributed by atoms with Crippen LogP contribution in [0.1, 0.15) is 57.0 Å². The van der Waals surface area contributed by atoms with Crippen molar-refractivity contribution in [2.24, 2.45) is 0 Å². The molecular weight excluding hydrogens is 430 g/mol. The van der Waals surface area contributed by atoms with Crippen LogP contribution >= 0.6 is 0 Å². The fourth-order valence-electron chi connectivity index (χ4n) is 4.05. The predicted molar refractivity (Wildman–Crippen MR) is 131 cm³/mol. The number of ether oxygens (including phenoxy) is 1. The van der Waals surface area contributed by atoms with E-state index in [0.717, 1.165) is 12.0 Å². The first-order valence-electron chi connectivity index (χ1n) is 11.4. The first-order valence-corrected chi connectivity index (χ1v) is 11.4. The van der Waals surface area contributed by atoms with E-state index in [2.05, 4.69) is 20.8 Å². The van der Waals surface area contributed by atoms with Gasteiger partial charge in [-0.25, -0.2) is 0 Å². The molecule has 1 amide bonds. The fraction of sp³-hybridized carbons (Fsp3) is 0.286. The molecule has 176 valence electrons. The fourth-order valence-corrected chi connectivity index (χ4v) is 4.05. The lowest BCUT2D eigenvalue weighted by molar-refractivity contribution is -0.132. The van der Waals surface area contributed by atoms with E-state index in [1.54, 1.807) is 36.4 Å². The van der Waals surface area contributed by atoms with Gasteiger partial charge >= 0.3 is 0 Å². The summed E-state index contributed by atoms with van der Waals surface area (Å²) < 4.78 is 11.3. The van der Waals surface area contributed by atoms with E-state index in [9.17, 15) is 14.7 Å². The van der Waals surface area contributed by atoms with Crippen molar-refractivity contribution in [2.75, 3.05) is 11.5 Å². The second-order valence-corrected chi connectivity index (χ2v) is 9.36. The molecule has 0 aliphatic carbocycles. The number of aliphatic hydroxyl groups is 1. The topological polar surface area (TPSA) is 80.0 Å². The lowest BCUT2D eigenvalue weighted by atomic mass is 9.87. The van der Waals surface area contributed by atoms with Crippen molar-refractivity contribution in [3.63, 3.8) is 0 Å². The smallest absolute Gasteiger partial charge is 0.300 e. The van der Waals surface area contributed by atoms with Crippen LogP contribution in [-0.4, -0.2) is 23.4 Å². The molecule has 6 heteroatoms. The van der Waals surface area contributed by atoms with Crippen LogP contribution < -0.4 is 9.64 Å². The maximum absolute atomic E-state index is 13.2. The Kier molecular flexibility index (Phi) is 6.33. The van der Waals surface area contributed by atoms with Gasteiger partial charge in [0.25, 0.3) is 11.7 Å². The van der Waals surface area contributed by atoms with Crippen molar-refractivity contribution in [2.45, 2.75) is 45.6 Å². The summed E-state index contributed by atoms with van der Waals surface area (Å²) in [5, 5.41) is 11.2. The van der Waals surface area contributed by atoms with Gasteiger partial charge in [-0.15, -0.1) is 0 Å². The summed E-state index contributed by atoms with van der Waals surface area (Å²) in [5.41, 5.74) is 1.97. The van der Waals surface area contributed by atoms with Crippen molar-refractivity contribution in [3.05, 3.63) is 89.4 Å². The van der Waals surface area contributed by atoms with Crippen molar-refractivity contribution in [1.29, 1.82) is 0 Å². The Morgan fingerprint density at radius 1 is 1.06 bits per heavy atom. The van der Waals surface area contributed by atoms with Gasteiger partial charge in [-0.3, -0.25) is 14.5 Å². The molecule has 1 aliphatic heterocycles. The average Bonchev–Trinajstić information content (AvgIpc) is 3.44. The first kappa shape index (κ1) is 23.4. The van der Waals surface area contributed by atoms with E-state index in [4.69, 9.17) is 9.15 Å². The molecule has 2 aromatic carbocycles. The normalized spacial score (nSPS) is 17.9. The van der Waals surface area contributed by atoms with Gasteiger partial charge in [-0.05, 0) is 53.8 Å². The second kappa shape index (κ2) is 9.21. The Morgan fingerprint density at radius 2 is 1.79 bits per heavy atom. The third-order valence-corrected chi connectivity index (χ3v) is 5.85. The van der Waals surface area contributed by atoms with Gasteiger partial charge < -0.3 is 14.3 Å². The molecule has 0 bridgehead atoms. The number of hydrogen-bond donors (Lipinski definition) is 1. The van der Waals surface area contributed by atoms with Crippen LogP contribution in [0.15, 0.2) is 76.9 Å². The van der Waals surface area contributed by atoms with E-state index in [1.807, 2.05) is 31.2 Å². The first-order chi connectivity index (χ1) is 16.2. The molecule has 0 spiro atoms. The maximum atomic E-state index is 13.2. The van der Waals surface area contributed by atoms with Gasteiger partial charge in [0, 0.05) is 11.3 Å². The highest BCUT2D eigenvalue weighted by Gasteiger charge is 2.48. The maximum Gasteiger partial charge on any atom is 0.300 e. The summed E-state index contributed by atoms with van der Waals surface area (Å²) in [6.07, 6.45) is 2.32. The van der Waals surface area contributed by atoms with Crippen LogP contribution in [0.25, 0.3) is 5.76 Å². The molecule has 3 aromatic rings. The summed E-state index contributed by atoms with van der Waals surface area (Å²) in [7, 11) is 0. The monoisotopic (exact) mass is 459 g/mol. The van der Waals surface area contributed by atoms with Crippen molar-refractivity contribution in [1.82, 2.24) is 0 Å². The number of furan rings is 1. The van der Waals surface area contributed by atoms with E-state index >= 15 is 0 Å². The van der Waals surface area contributed by atoms with Crippen LogP contribution in [0.3, 0.4) is 0 Å². The quantitative estimate of drug-likeness (QED) is 0.278. The van der Waals surface area contributed by atoms with Crippen molar-refractivity contribution in [3.8, 4) is 5.75 Å². The number of anilines is 1. The third kappa shape index (κ3) is 4.36. The van der Waals surface area contributed by atoms with Gasteiger partial charge in [-0.2, -0.15) is 0 Å². The Hall–Kier alpha value is -3.80. The lowest BCUT2D eigenvalue weighted by Crippen LogP contribution is -2.29. The van der Waals surface area contributed by atoms with Gasteiger partial charge in [0.2, 0.25) is 0 Å². The number of ketones is 1. The van der Waals surface area contributed by atoms with E-state index < -0.39 is 17.7 Å². The van der Waals surface area contributed by atoms with Gasteiger partial charge in [0.05, 0.1) is 18.4 Å². The number of benzene rings is 2. The zero-order valence-corrected chi connectivity index (χ0v) is 19.9. The van der Waals surface area contributed by atoms with E-state index in [1.165, 1.54) is 11.2 Å². The summed E-state index contributed by atoms with van der Waals surface area (Å²) in [4.78, 5) is 27.8. The number of rotatable bonds is 6. The Bertz CT molecular complexity index is 1220. The molecule has 1 saturated heterocycles. The highest BCUT2D eigenvalue weighted by molar-refractivity contribution is 6.51. The third-order valence-electron chi connectivity index (χ3n) is 5.85. The number of carbonyl (C=O) groups is 2. The summed E-state index contributed by atoms with van der Waals surface area (Å²) >= 11 is 0. The SMILES string of the molecule is CCCOc1cccc(/C(O)=C2/C(=O)C(=O)N(c3ccc(C(C)(C)C)cc3)C2c2ccco2)c1. The number of nitrogens with zero attached hydrogens (tertiary/aromatic N) is 1. The lowest BCUT2D eigenvalue weighted by Gasteiger charge is -2.25. The van der Waals surface area contributed by atoms with Crippen LogP contribution in [0, 0.1) is 0 Å². The molecule has 1 fully saturated rings. The van der Waals surface area contributed by atoms with Crippen molar-refractivity contribution < 1.29 is 23.8 Å². The molecule has 0 saturated carbocycles. The molecule has 6 nitrogen and oxygen atoms in total. The molecule has 1 aliphatic rings. The summed E-state index contributed by atoms with van der Waals surface area (Å²) in [6, 6.07) is 16.9. The largest absolute Gasteiger partial charge is 0.507 e. The molecule has 1 aromatic heterocycles. The van der Waals surface area contributed by atoms with E-state index in [0.29, 0.717) is 29.4 Å². The molecule has 34 heavy (non-hydrogen) atoms. The molecule has 2 heterocycles. The average molecular weight is 460 g/mol. The minimum Gasteiger partial charge on any atom is -0.507 e. The van der Waals surface area contributed by atoms with E-state index in [-0.39, 0.29) is 16.7 Å². The summed E-state index contributed by atoms with van der Waals surface area (Å²) in [5.74, 6) is -0.787. The van der Waals surface area contributed by atoms with Gasteiger partial charge in [0.15, 0.2) is 0 Å². The molecular formula is C28H29NO5. The molecule has 1 atom stereocenters. The van der Waals surface area contributed by atoms with Crippen molar-refractivity contribution >= 4 is 23.1 Å². The highest BCUT2D eigenvalue weighted by Crippen LogP contribution is 2.42. The molecule has 4 rings (SSSR count). The highest BCUT2D eigenvalue weighted by atomic mass is 16.5. The summed E-state index contributed by atoms with van der Waals surface area (Å²) in [6.45, 7) is 8.86. The number of aliphatic hydroxyl groups excluding tert-OH is 1. The number of carbonyl (C=O) groups excluding carboxylic acids is 2. The Labute approximate surface area is 199 Å². The zero-order valence-electron chi connectivity index (χ0n) is 19.9. The molecule has 0 radical (unpaired) electrons. The minimum absolute atomic E-state index is 0.0208. The minimum atomic E-state index is -0.893. The standard InChI is InChI=1S/C28H29NO5/c1-5-15-33-21-9-6-8-18(17-21)25(30)23-24(22-10-7-16-34-22)29(27(32)26(23)31)20-13-11-19(12-14-20)28(2,3)4/h6-14,16-17,24,30H,5,15H2,1-4H3/b25-23-. The predicted octanol–water partition coefficient (Wildman–Crippen LogP) is 5.99. The Morgan fingerprint density at radius 3 is 2.41 bits per heavy atom. The number of Topliss-reactive ketones (excluding diaryl/α,β-unsaturated/α-hetero) is 1. The van der Waals surface area contributed by atoms with Gasteiger partial charge in [-0.1, -0.05) is 52.0 Å². The van der Waals surface area contributed by atoms with Crippen LogP contribution in [-0.2, 0) is 15.0 Å². The number of amides is 1. The number of hydrogen-bond acceptors (Lipinski definition) is 5. The van der Waals surface area contributed by atoms with Gasteiger partial charge in [0.1, 0.15) is 23.3 Å². The van der Waals surface area contributed by atoms with Crippen LogP contribution in [0.2, 0.25) is 0 Å². The second-order valence-electron chi connectivity index (χ2n) is 9.36. The van der Waals surface area contributed by atoms with Crippen LogP contribution in [0.4, 0.5) is 5.69 Å². The Balaban J connectivity index is 1.82. The van der Waals surface area contributed by atoms with Crippen LogP contribution in [0.5, 0.6) is 5.75 Å². The molecule has 1 unspecified atom stereocenters. The molecule has 1 N–H and O–H groups in total.